The predicted molar refractivity (Wildman–Crippen MR) is 95.4 cm³/mol. The molecule has 1 aliphatic heterocycles. The monoisotopic (exact) mass is 318 g/mol. The van der Waals surface area contributed by atoms with Gasteiger partial charge in [0, 0.05) is 28.4 Å². The fourth-order valence-corrected chi connectivity index (χ4v) is 4.75. The highest BCUT2D eigenvalue weighted by Crippen LogP contribution is 2.35. The van der Waals surface area contributed by atoms with E-state index in [1.165, 1.54) is 29.2 Å². The Balaban J connectivity index is 1.74. The van der Waals surface area contributed by atoms with Crippen molar-refractivity contribution in [1.82, 2.24) is 4.98 Å². The highest BCUT2D eigenvalue weighted by molar-refractivity contribution is 7.99. The van der Waals surface area contributed by atoms with Gasteiger partial charge in [0.2, 0.25) is 0 Å². The number of nitrogens with zero attached hydrogens (tertiary/aromatic N) is 1. The molecule has 0 aliphatic carbocycles. The Labute approximate surface area is 135 Å². The van der Waals surface area contributed by atoms with Crippen LogP contribution >= 0.6 is 23.1 Å². The first-order chi connectivity index (χ1) is 10.0. The SMILES string of the molecule is Cc1nc(-c2cccc(NC3CSCC(C)(C)C3)c2)cs1. The van der Waals surface area contributed by atoms with Crippen LogP contribution in [0.25, 0.3) is 11.3 Å². The molecular formula is C17H22N2S2. The number of rotatable bonds is 3. The maximum absolute atomic E-state index is 4.58. The van der Waals surface area contributed by atoms with E-state index in [-0.39, 0.29) is 0 Å². The molecule has 0 amide bonds. The lowest BCUT2D eigenvalue weighted by Gasteiger charge is -2.35. The number of aryl methyl sites for hydroxylation is 1. The van der Waals surface area contributed by atoms with Gasteiger partial charge in [-0.25, -0.2) is 4.98 Å². The molecule has 0 saturated carbocycles. The summed E-state index contributed by atoms with van der Waals surface area (Å²) in [6, 6.07) is 9.20. The molecule has 2 nitrogen and oxygen atoms in total. The summed E-state index contributed by atoms with van der Waals surface area (Å²) >= 11 is 3.77. The molecule has 1 saturated heterocycles. The Morgan fingerprint density at radius 2 is 2.19 bits per heavy atom. The Morgan fingerprint density at radius 1 is 1.33 bits per heavy atom. The zero-order valence-electron chi connectivity index (χ0n) is 12.8. The van der Waals surface area contributed by atoms with Crippen molar-refractivity contribution in [2.75, 3.05) is 16.8 Å². The maximum atomic E-state index is 4.58. The van der Waals surface area contributed by atoms with Gasteiger partial charge in [0.25, 0.3) is 0 Å². The van der Waals surface area contributed by atoms with Crippen LogP contribution in [0.1, 0.15) is 25.3 Å². The molecule has 1 aromatic carbocycles. The van der Waals surface area contributed by atoms with Crippen molar-refractivity contribution in [3.63, 3.8) is 0 Å². The molecule has 1 N–H and O–H groups in total. The lowest BCUT2D eigenvalue weighted by molar-refractivity contribution is 0.358. The summed E-state index contributed by atoms with van der Waals surface area (Å²) in [7, 11) is 0. The molecule has 0 radical (unpaired) electrons. The third-order valence-corrected chi connectivity index (χ3v) is 6.16. The van der Waals surface area contributed by atoms with Gasteiger partial charge in [-0.1, -0.05) is 26.0 Å². The van der Waals surface area contributed by atoms with Gasteiger partial charge in [0.05, 0.1) is 10.7 Å². The fraction of sp³-hybridized carbons (Fsp3) is 0.471. The third-order valence-electron chi connectivity index (χ3n) is 3.76. The molecule has 112 valence electrons. The van der Waals surface area contributed by atoms with E-state index in [1.807, 2.05) is 0 Å². The highest BCUT2D eigenvalue weighted by atomic mass is 32.2. The summed E-state index contributed by atoms with van der Waals surface area (Å²) in [5.74, 6) is 2.47. The molecule has 2 heterocycles. The second kappa shape index (κ2) is 6.01. The van der Waals surface area contributed by atoms with Crippen molar-refractivity contribution in [3.8, 4) is 11.3 Å². The predicted octanol–water partition coefficient (Wildman–Crippen LogP) is 5.06. The number of nitrogens with one attached hydrogen (secondary N) is 1. The molecule has 21 heavy (non-hydrogen) atoms. The van der Waals surface area contributed by atoms with Crippen LogP contribution in [0, 0.1) is 12.3 Å². The minimum absolute atomic E-state index is 0.435. The quantitative estimate of drug-likeness (QED) is 0.856. The largest absolute Gasteiger partial charge is 0.381 e. The van der Waals surface area contributed by atoms with Gasteiger partial charge in [-0.05, 0) is 36.6 Å². The minimum Gasteiger partial charge on any atom is -0.381 e. The molecule has 4 heteroatoms. The van der Waals surface area contributed by atoms with Crippen molar-refractivity contribution >= 4 is 28.8 Å². The number of hydrogen-bond donors (Lipinski definition) is 1. The molecule has 1 aromatic heterocycles. The average molecular weight is 319 g/mol. The normalized spacial score (nSPS) is 21.2. The first-order valence-corrected chi connectivity index (χ1v) is 9.42. The first-order valence-electron chi connectivity index (χ1n) is 7.39. The van der Waals surface area contributed by atoms with Gasteiger partial charge < -0.3 is 5.32 Å². The van der Waals surface area contributed by atoms with Gasteiger partial charge >= 0.3 is 0 Å². The third kappa shape index (κ3) is 3.80. The maximum Gasteiger partial charge on any atom is 0.0901 e. The number of hydrogen-bond acceptors (Lipinski definition) is 4. The van der Waals surface area contributed by atoms with E-state index < -0.39 is 0 Å². The summed E-state index contributed by atoms with van der Waals surface area (Å²) in [5, 5.41) is 6.96. The van der Waals surface area contributed by atoms with Crippen molar-refractivity contribution in [1.29, 1.82) is 0 Å². The Bertz CT molecular complexity index is 619. The average Bonchev–Trinajstić information content (AvgIpc) is 2.85. The van der Waals surface area contributed by atoms with Crippen molar-refractivity contribution < 1.29 is 0 Å². The Hall–Kier alpha value is -1.00. The van der Waals surface area contributed by atoms with Crippen LogP contribution in [-0.4, -0.2) is 22.5 Å². The summed E-state index contributed by atoms with van der Waals surface area (Å²) in [6.45, 7) is 6.78. The van der Waals surface area contributed by atoms with E-state index >= 15 is 0 Å². The van der Waals surface area contributed by atoms with Crippen LogP contribution in [0.2, 0.25) is 0 Å². The Kier molecular flexibility index (Phi) is 4.27. The molecule has 3 rings (SSSR count). The van der Waals surface area contributed by atoms with E-state index in [4.69, 9.17) is 0 Å². The second-order valence-electron chi connectivity index (χ2n) is 6.56. The fourth-order valence-electron chi connectivity index (χ4n) is 2.86. The zero-order valence-corrected chi connectivity index (χ0v) is 14.5. The van der Waals surface area contributed by atoms with Crippen LogP contribution < -0.4 is 5.32 Å². The van der Waals surface area contributed by atoms with Gasteiger partial charge in [0.1, 0.15) is 0 Å². The van der Waals surface area contributed by atoms with Crippen LogP contribution in [-0.2, 0) is 0 Å². The number of anilines is 1. The van der Waals surface area contributed by atoms with Crippen LogP contribution in [0.5, 0.6) is 0 Å². The van der Waals surface area contributed by atoms with Gasteiger partial charge in [-0.15, -0.1) is 11.3 Å². The smallest absolute Gasteiger partial charge is 0.0901 e. The van der Waals surface area contributed by atoms with E-state index in [0.29, 0.717) is 11.5 Å². The Morgan fingerprint density at radius 3 is 2.90 bits per heavy atom. The molecule has 0 spiro atoms. The van der Waals surface area contributed by atoms with Crippen molar-refractivity contribution in [2.24, 2.45) is 5.41 Å². The van der Waals surface area contributed by atoms with Gasteiger partial charge in [-0.2, -0.15) is 11.8 Å². The minimum atomic E-state index is 0.435. The van der Waals surface area contributed by atoms with E-state index in [2.05, 4.69) is 72.5 Å². The van der Waals surface area contributed by atoms with E-state index in [9.17, 15) is 0 Å². The molecule has 2 aromatic rings. The summed E-state index contributed by atoms with van der Waals surface area (Å²) < 4.78 is 0. The van der Waals surface area contributed by atoms with Crippen molar-refractivity contribution in [3.05, 3.63) is 34.7 Å². The lowest BCUT2D eigenvalue weighted by atomic mass is 9.87. The van der Waals surface area contributed by atoms with E-state index in [1.54, 1.807) is 11.3 Å². The van der Waals surface area contributed by atoms with Crippen LogP contribution in [0.3, 0.4) is 0 Å². The molecule has 0 bridgehead atoms. The van der Waals surface area contributed by atoms with Crippen LogP contribution in [0.4, 0.5) is 5.69 Å². The molecular weight excluding hydrogens is 296 g/mol. The highest BCUT2D eigenvalue weighted by Gasteiger charge is 2.28. The molecule has 1 unspecified atom stereocenters. The topological polar surface area (TPSA) is 24.9 Å². The summed E-state index contributed by atoms with van der Waals surface area (Å²) in [6.07, 6.45) is 1.24. The molecule has 1 fully saturated rings. The van der Waals surface area contributed by atoms with Crippen LogP contribution in [0.15, 0.2) is 29.6 Å². The van der Waals surface area contributed by atoms with Crippen molar-refractivity contribution in [2.45, 2.75) is 33.2 Å². The molecule has 1 aliphatic rings. The zero-order chi connectivity index (χ0) is 14.9. The number of thiazole rings is 1. The standard InChI is InChI=1S/C17H22N2S2/c1-12-18-16(10-21-12)13-5-4-6-14(7-13)19-15-8-17(2,3)11-20-9-15/h4-7,10,15,19H,8-9,11H2,1-3H3. The lowest BCUT2D eigenvalue weighted by Crippen LogP contribution is -2.35. The summed E-state index contributed by atoms with van der Waals surface area (Å²) in [5.41, 5.74) is 3.93. The first kappa shape index (κ1) is 14.9. The van der Waals surface area contributed by atoms with E-state index in [0.717, 1.165) is 10.7 Å². The summed E-state index contributed by atoms with van der Waals surface area (Å²) in [4.78, 5) is 4.58. The number of aromatic nitrogens is 1. The number of benzene rings is 1. The number of thioether (sulfide) groups is 1. The van der Waals surface area contributed by atoms with Gasteiger partial charge in [0.15, 0.2) is 0 Å². The second-order valence-corrected chi connectivity index (χ2v) is 8.65. The molecule has 1 atom stereocenters. The van der Waals surface area contributed by atoms with Gasteiger partial charge in [-0.3, -0.25) is 0 Å².